The summed E-state index contributed by atoms with van der Waals surface area (Å²) in [4.78, 5) is 4.34. The third kappa shape index (κ3) is 2.81. The maximum Gasteiger partial charge on any atom is 0.0404 e. The Kier molecular flexibility index (Phi) is 3.52. The van der Waals surface area contributed by atoms with Crippen LogP contribution < -0.4 is 5.32 Å². The monoisotopic (exact) mass is 190 g/mol. The molecule has 0 saturated carbocycles. The summed E-state index contributed by atoms with van der Waals surface area (Å²) < 4.78 is 0. The summed E-state index contributed by atoms with van der Waals surface area (Å²) in [5, 5.41) is 3.56. The molecule has 1 aromatic rings. The molecule has 1 aliphatic heterocycles. The molecule has 2 nitrogen and oxygen atoms in total. The van der Waals surface area contributed by atoms with Crippen LogP contribution in [-0.2, 0) is 6.42 Å². The molecule has 0 unspecified atom stereocenters. The van der Waals surface area contributed by atoms with Gasteiger partial charge in [-0.15, -0.1) is 0 Å². The summed E-state index contributed by atoms with van der Waals surface area (Å²) in [7, 11) is 0. The average molecular weight is 190 g/mol. The van der Waals surface area contributed by atoms with Gasteiger partial charge in [0.25, 0.3) is 0 Å². The molecule has 0 bridgehead atoms. The molecule has 76 valence electrons. The first-order valence-corrected chi connectivity index (χ1v) is 5.58. The van der Waals surface area contributed by atoms with Gasteiger partial charge >= 0.3 is 0 Å². The van der Waals surface area contributed by atoms with Crippen molar-refractivity contribution in [3.05, 3.63) is 30.1 Å². The molecule has 2 heterocycles. The van der Waals surface area contributed by atoms with Gasteiger partial charge in [0.05, 0.1) is 0 Å². The van der Waals surface area contributed by atoms with Crippen LogP contribution in [0.15, 0.2) is 24.4 Å². The first kappa shape index (κ1) is 9.66. The molecule has 1 N–H and O–H groups in total. The van der Waals surface area contributed by atoms with Gasteiger partial charge in [-0.1, -0.05) is 12.5 Å². The molecule has 1 aromatic heterocycles. The minimum Gasteiger partial charge on any atom is -0.314 e. The van der Waals surface area contributed by atoms with E-state index in [9.17, 15) is 0 Å². The van der Waals surface area contributed by atoms with Crippen LogP contribution in [0.1, 0.15) is 31.4 Å². The van der Waals surface area contributed by atoms with Crippen LogP contribution in [0.4, 0.5) is 0 Å². The predicted molar refractivity (Wildman–Crippen MR) is 58.2 cm³/mol. The number of pyridine rings is 1. The Bertz CT molecular complexity index is 252. The first-order chi connectivity index (χ1) is 6.95. The smallest absolute Gasteiger partial charge is 0.0404 e. The number of rotatable bonds is 3. The fourth-order valence-corrected chi connectivity index (χ4v) is 2.04. The molecule has 2 heteroatoms. The summed E-state index contributed by atoms with van der Waals surface area (Å²) in [6, 6.07) is 6.88. The predicted octanol–water partition coefficient (Wildman–Crippen LogP) is 2.16. The molecule has 0 amide bonds. The first-order valence-electron chi connectivity index (χ1n) is 5.58. The molecule has 1 atom stereocenters. The number of aromatic nitrogens is 1. The van der Waals surface area contributed by atoms with Gasteiger partial charge in [-0.25, -0.2) is 0 Å². The summed E-state index contributed by atoms with van der Waals surface area (Å²) >= 11 is 0. The van der Waals surface area contributed by atoms with Crippen molar-refractivity contribution in [1.29, 1.82) is 0 Å². The zero-order valence-corrected chi connectivity index (χ0v) is 8.58. The maximum absolute atomic E-state index is 4.34. The highest BCUT2D eigenvalue weighted by Crippen LogP contribution is 2.12. The van der Waals surface area contributed by atoms with Crippen molar-refractivity contribution in [2.75, 3.05) is 6.54 Å². The third-order valence-corrected chi connectivity index (χ3v) is 2.89. The summed E-state index contributed by atoms with van der Waals surface area (Å²) in [6.07, 6.45) is 8.30. The van der Waals surface area contributed by atoms with Crippen LogP contribution >= 0.6 is 0 Å². The van der Waals surface area contributed by atoms with Crippen molar-refractivity contribution in [2.24, 2.45) is 0 Å². The number of hydrogen-bond donors (Lipinski definition) is 1. The van der Waals surface area contributed by atoms with E-state index in [0.717, 1.165) is 12.5 Å². The lowest BCUT2D eigenvalue weighted by Gasteiger charge is -2.23. The second-order valence-electron chi connectivity index (χ2n) is 4.01. The number of aryl methyl sites for hydroxylation is 1. The van der Waals surface area contributed by atoms with E-state index in [1.54, 1.807) is 0 Å². The van der Waals surface area contributed by atoms with Gasteiger partial charge in [-0.3, -0.25) is 4.98 Å². The Hall–Kier alpha value is -0.890. The lowest BCUT2D eigenvalue weighted by Crippen LogP contribution is -2.34. The van der Waals surface area contributed by atoms with E-state index in [0.29, 0.717) is 0 Å². The van der Waals surface area contributed by atoms with Gasteiger partial charge in [0.2, 0.25) is 0 Å². The summed E-state index contributed by atoms with van der Waals surface area (Å²) in [6.45, 7) is 1.20. The van der Waals surface area contributed by atoms with E-state index in [2.05, 4.69) is 22.4 Å². The van der Waals surface area contributed by atoms with Gasteiger partial charge in [0, 0.05) is 17.9 Å². The molecule has 1 aliphatic rings. The van der Waals surface area contributed by atoms with Crippen LogP contribution in [0.2, 0.25) is 0 Å². The van der Waals surface area contributed by atoms with Crippen molar-refractivity contribution >= 4 is 0 Å². The highest BCUT2D eigenvalue weighted by molar-refractivity contribution is 5.03. The molecule has 1 fully saturated rings. The second-order valence-corrected chi connectivity index (χ2v) is 4.01. The van der Waals surface area contributed by atoms with E-state index < -0.39 is 0 Å². The fourth-order valence-electron chi connectivity index (χ4n) is 2.04. The van der Waals surface area contributed by atoms with Gasteiger partial charge in [-0.05, 0) is 44.4 Å². The maximum atomic E-state index is 4.34. The largest absolute Gasteiger partial charge is 0.314 e. The minimum atomic E-state index is 0.728. The normalized spacial score (nSPS) is 22.1. The van der Waals surface area contributed by atoms with E-state index >= 15 is 0 Å². The van der Waals surface area contributed by atoms with E-state index in [1.165, 1.54) is 37.9 Å². The van der Waals surface area contributed by atoms with Crippen LogP contribution in [0, 0.1) is 0 Å². The van der Waals surface area contributed by atoms with E-state index in [1.807, 2.05) is 12.3 Å². The van der Waals surface area contributed by atoms with E-state index in [-0.39, 0.29) is 0 Å². The van der Waals surface area contributed by atoms with Crippen molar-refractivity contribution in [3.8, 4) is 0 Å². The Labute approximate surface area is 85.7 Å². The number of piperidine rings is 1. The molecule has 14 heavy (non-hydrogen) atoms. The van der Waals surface area contributed by atoms with E-state index in [4.69, 9.17) is 0 Å². The third-order valence-electron chi connectivity index (χ3n) is 2.89. The van der Waals surface area contributed by atoms with Gasteiger partial charge in [0.1, 0.15) is 0 Å². The molecule has 0 aliphatic carbocycles. The van der Waals surface area contributed by atoms with Crippen LogP contribution in [0.3, 0.4) is 0 Å². The zero-order chi connectivity index (χ0) is 9.64. The number of nitrogens with one attached hydrogen (secondary N) is 1. The van der Waals surface area contributed by atoms with Crippen molar-refractivity contribution in [3.63, 3.8) is 0 Å². The summed E-state index contributed by atoms with van der Waals surface area (Å²) in [5.41, 5.74) is 1.22. The van der Waals surface area contributed by atoms with Crippen molar-refractivity contribution in [1.82, 2.24) is 10.3 Å². The Morgan fingerprint density at radius 1 is 1.36 bits per heavy atom. The molecular weight excluding hydrogens is 172 g/mol. The summed E-state index contributed by atoms with van der Waals surface area (Å²) in [5.74, 6) is 0. The van der Waals surface area contributed by atoms with Crippen molar-refractivity contribution < 1.29 is 0 Å². The Morgan fingerprint density at radius 2 is 2.36 bits per heavy atom. The van der Waals surface area contributed by atoms with Gasteiger partial charge in [-0.2, -0.15) is 0 Å². The highest BCUT2D eigenvalue weighted by Gasteiger charge is 2.11. The number of hydrogen-bond acceptors (Lipinski definition) is 2. The SMILES string of the molecule is c1ccc(CC[C@@H]2CCCCN2)nc1. The second kappa shape index (κ2) is 5.11. The van der Waals surface area contributed by atoms with Crippen LogP contribution in [0.25, 0.3) is 0 Å². The lowest BCUT2D eigenvalue weighted by atomic mass is 10.00. The lowest BCUT2D eigenvalue weighted by molar-refractivity contribution is 0.382. The minimum absolute atomic E-state index is 0.728. The molecule has 1 saturated heterocycles. The van der Waals surface area contributed by atoms with Crippen LogP contribution in [0.5, 0.6) is 0 Å². The standard InChI is InChI=1S/C12H18N2/c1-3-9-13-11(5-1)7-8-12-6-2-4-10-14-12/h1,3,5,9,12,14H,2,4,6-8,10H2/t12-/m0/s1. The molecule has 0 spiro atoms. The molecule has 0 radical (unpaired) electrons. The van der Waals surface area contributed by atoms with Gasteiger partial charge in [0.15, 0.2) is 0 Å². The van der Waals surface area contributed by atoms with Crippen LogP contribution in [-0.4, -0.2) is 17.6 Å². The number of nitrogens with zero attached hydrogens (tertiary/aromatic N) is 1. The average Bonchev–Trinajstić information content (AvgIpc) is 2.29. The zero-order valence-electron chi connectivity index (χ0n) is 8.58. The Balaban J connectivity index is 1.76. The van der Waals surface area contributed by atoms with Crippen molar-refractivity contribution in [2.45, 2.75) is 38.1 Å². The van der Waals surface area contributed by atoms with Gasteiger partial charge < -0.3 is 5.32 Å². The molecule has 0 aromatic carbocycles. The molecule has 2 rings (SSSR count). The fraction of sp³-hybridized carbons (Fsp3) is 0.583. The topological polar surface area (TPSA) is 24.9 Å². The Morgan fingerprint density at radius 3 is 3.07 bits per heavy atom. The highest BCUT2D eigenvalue weighted by atomic mass is 14.9. The molecular formula is C12H18N2. The quantitative estimate of drug-likeness (QED) is 0.790.